The van der Waals surface area contributed by atoms with Crippen LogP contribution in [0.3, 0.4) is 0 Å². The number of hydrogen-bond acceptors (Lipinski definition) is 1. The number of hydrogen-bond donors (Lipinski definition) is 1. The van der Waals surface area contributed by atoms with Gasteiger partial charge in [0.05, 0.1) is 0 Å². The van der Waals surface area contributed by atoms with Gasteiger partial charge in [-0.15, -0.1) is 0 Å². The summed E-state index contributed by atoms with van der Waals surface area (Å²) in [7, 11) is 0. The summed E-state index contributed by atoms with van der Waals surface area (Å²) in [5, 5.41) is 3.72. The second-order valence-electron chi connectivity index (χ2n) is 5.77. The first kappa shape index (κ1) is 13.7. The summed E-state index contributed by atoms with van der Waals surface area (Å²) in [4.78, 5) is 0. The highest BCUT2D eigenvalue weighted by Gasteiger charge is 2.18. The zero-order valence-electron chi connectivity index (χ0n) is 12.0. The molecular weight excluding hydrogens is 220 g/mol. The van der Waals surface area contributed by atoms with Gasteiger partial charge in [-0.2, -0.15) is 0 Å². The molecular formula is C16H28N2. The summed E-state index contributed by atoms with van der Waals surface area (Å²) < 4.78 is 2.24. The molecule has 1 atom stereocenters. The molecule has 1 aliphatic carbocycles. The van der Waals surface area contributed by atoms with E-state index in [0.29, 0.717) is 6.04 Å². The second kappa shape index (κ2) is 6.98. The highest BCUT2D eigenvalue weighted by Crippen LogP contribution is 2.25. The number of aryl methyl sites for hydroxylation is 1. The molecule has 1 aromatic rings. The first-order valence-corrected chi connectivity index (χ1v) is 7.67. The van der Waals surface area contributed by atoms with Crippen molar-refractivity contribution in [1.29, 1.82) is 0 Å². The molecule has 0 amide bonds. The average Bonchev–Trinajstić information content (AvgIpc) is 2.68. The average molecular weight is 248 g/mol. The number of nitrogens with one attached hydrogen (secondary N) is 1. The third kappa shape index (κ3) is 3.88. The smallest absolute Gasteiger partial charge is 0.0223 e. The Hall–Kier alpha value is -0.760. The maximum atomic E-state index is 3.72. The van der Waals surface area contributed by atoms with Crippen LogP contribution in [0.1, 0.15) is 57.9 Å². The highest BCUT2D eigenvalue weighted by molar-refractivity contribution is 5.10. The van der Waals surface area contributed by atoms with Crippen molar-refractivity contribution in [3.8, 4) is 0 Å². The van der Waals surface area contributed by atoms with E-state index in [2.05, 4.69) is 42.2 Å². The van der Waals surface area contributed by atoms with Crippen LogP contribution >= 0.6 is 0 Å². The van der Waals surface area contributed by atoms with Crippen molar-refractivity contribution in [2.75, 3.05) is 0 Å². The lowest BCUT2D eigenvalue weighted by Gasteiger charge is -2.23. The topological polar surface area (TPSA) is 17.0 Å². The quantitative estimate of drug-likeness (QED) is 0.781. The molecule has 2 rings (SSSR count). The molecule has 2 heteroatoms. The normalized spacial score (nSPS) is 19.7. The molecule has 0 radical (unpaired) electrons. The Labute approximate surface area is 112 Å². The van der Waals surface area contributed by atoms with Gasteiger partial charge in [-0.05, 0) is 44.2 Å². The predicted octanol–water partition coefficient (Wildman–Crippen LogP) is 3.96. The molecule has 0 saturated heterocycles. The fourth-order valence-electron chi connectivity index (χ4n) is 3.05. The van der Waals surface area contributed by atoms with Gasteiger partial charge in [-0.3, -0.25) is 0 Å². The van der Waals surface area contributed by atoms with E-state index in [4.69, 9.17) is 0 Å². The third-order valence-corrected chi connectivity index (χ3v) is 4.41. The Bertz CT molecular complexity index is 335. The molecule has 1 aromatic heterocycles. The van der Waals surface area contributed by atoms with Gasteiger partial charge in [0.25, 0.3) is 0 Å². The van der Waals surface area contributed by atoms with Gasteiger partial charge >= 0.3 is 0 Å². The van der Waals surface area contributed by atoms with Crippen molar-refractivity contribution in [3.05, 3.63) is 24.0 Å². The van der Waals surface area contributed by atoms with Gasteiger partial charge in [0.15, 0.2) is 0 Å². The van der Waals surface area contributed by atoms with Gasteiger partial charge in [-0.1, -0.05) is 25.7 Å². The van der Waals surface area contributed by atoms with E-state index < -0.39 is 0 Å². The zero-order valence-corrected chi connectivity index (χ0v) is 12.0. The third-order valence-electron chi connectivity index (χ3n) is 4.41. The van der Waals surface area contributed by atoms with Crippen LogP contribution in [0.2, 0.25) is 0 Å². The first-order chi connectivity index (χ1) is 8.79. The molecule has 1 fully saturated rings. The Morgan fingerprint density at radius 2 is 2.00 bits per heavy atom. The van der Waals surface area contributed by atoms with Crippen LogP contribution in [0.5, 0.6) is 0 Å². The zero-order chi connectivity index (χ0) is 12.8. The lowest BCUT2D eigenvalue weighted by atomic mass is 9.93. The molecule has 102 valence electrons. The fourth-order valence-corrected chi connectivity index (χ4v) is 3.05. The van der Waals surface area contributed by atoms with Crippen LogP contribution in [0, 0.1) is 5.92 Å². The number of aromatic nitrogens is 1. The Balaban J connectivity index is 1.77. The Morgan fingerprint density at radius 1 is 1.28 bits per heavy atom. The van der Waals surface area contributed by atoms with Crippen molar-refractivity contribution in [3.63, 3.8) is 0 Å². The van der Waals surface area contributed by atoms with E-state index in [1.165, 1.54) is 44.1 Å². The van der Waals surface area contributed by atoms with Crippen molar-refractivity contribution in [2.24, 2.45) is 5.92 Å². The molecule has 0 unspecified atom stereocenters. The van der Waals surface area contributed by atoms with Gasteiger partial charge in [0, 0.05) is 31.5 Å². The van der Waals surface area contributed by atoms with E-state index in [9.17, 15) is 0 Å². The molecule has 1 saturated carbocycles. The Kier molecular flexibility index (Phi) is 5.30. The molecule has 1 N–H and O–H groups in total. The molecule has 0 bridgehead atoms. The summed E-state index contributed by atoms with van der Waals surface area (Å²) in [6.45, 7) is 6.64. The lowest BCUT2D eigenvalue weighted by Crippen LogP contribution is -2.32. The standard InChI is InChI=1S/C16H28N2/c1-3-18-11-10-15(13-18)12-17-14(2)16-8-6-4-5-7-9-16/h10-11,13-14,16-17H,3-9,12H2,1-2H3/t14-/m0/s1. The van der Waals surface area contributed by atoms with Crippen LogP contribution < -0.4 is 5.32 Å². The minimum Gasteiger partial charge on any atom is -0.354 e. The summed E-state index contributed by atoms with van der Waals surface area (Å²) in [6.07, 6.45) is 13.0. The van der Waals surface area contributed by atoms with Crippen LogP contribution in [0.15, 0.2) is 18.5 Å². The van der Waals surface area contributed by atoms with Crippen molar-refractivity contribution in [2.45, 2.75) is 71.5 Å². The van der Waals surface area contributed by atoms with Crippen LogP contribution in [0.25, 0.3) is 0 Å². The van der Waals surface area contributed by atoms with E-state index >= 15 is 0 Å². The molecule has 18 heavy (non-hydrogen) atoms. The van der Waals surface area contributed by atoms with Crippen molar-refractivity contribution >= 4 is 0 Å². The molecule has 1 aliphatic rings. The van der Waals surface area contributed by atoms with Gasteiger partial charge in [-0.25, -0.2) is 0 Å². The largest absolute Gasteiger partial charge is 0.354 e. The summed E-state index contributed by atoms with van der Waals surface area (Å²) in [6, 6.07) is 2.89. The molecule has 1 heterocycles. The number of rotatable bonds is 5. The minimum absolute atomic E-state index is 0.660. The SMILES string of the molecule is CCn1ccc(CN[C@@H](C)C2CCCCCC2)c1. The maximum Gasteiger partial charge on any atom is 0.0223 e. The maximum absolute atomic E-state index is 3.72. The lowest BCUT2D eigenvalue weighted by molar-refractivity contribution is 0.336. The van der Waals surface area contributed by atoms with Gasteiger partial charge in [0.2, 0.25) is 0 Å². The van der Waals surface area contributed by atoms with E-state index in [-0.39, 0.29) is 0 Å². The van der Waals surface area contributed by atoms with Gasteiger partial charge in [0.1, 0.15) is 0 Å². The Morgan fingerprint density at radius 3 is 2.61 bits per heavy atom. The molecule has 2 nitrogen and oxygen atoms in total. The van der Waals surface area contributed by atoms with E-state index in [1.54, 1.807) is 0 Å². The summed E-state index contributed by atoms with van der Waals surface area (Å²) >= 11 is 0. The summed E-state index contributed by atoms with van der Waals surface area (Å²) in [5.74, 6) is 0.890. The van der Waals surface area contributed by atoms with Crippen LogP contribution in [0.4, 0.5) is 0 Å². The van der Waals surface area contributed by atoms with Gasteiger partial charge < -0.3 is 9.88 Å². The first-order valence-electron chi connectivity index (χ1n) is 7.67. The van der Waals surface area contributed by atoms with Crippen molar-refractivity contribution < 1.29 is 0 Å². The molecule has 0 aromatic carbocycles. The monoisotopic (exact) mass is 248 g/mol. The van der Waals surface area contributed by atoms with Crippen molar-refractivity contribution in [1.82, 2.24) is 9.88 Å². The second-order valence-corrected chi connectivity index (χ2v) is 5.77. The van der Waals surface area contributed by atoms with E-state index in [0.717, 1.165) is 19.0 Å². The number of nitrogens with zero attached hydrogens (tertiary/aromatic N) is 1. The highest BCUT2D eigenvalue weighted by atomic mass is 14.9. The molecule has 0 spiro atoms. The van der Waals surface area contributed by atoms with Crippen LogP contribution in [-0.2, 0) is 13.1 Å². The fraction of sp³-hybridized carbons (Fsp3) is 0.750. The van der Waals surface area contributed by atoms with Crippen LogP contribution in [-0.4, -0.2) is 10.6 Å². The minimum atomic E-state index is 0.660. The predicted molar refractivity (Wildman–Crippen MR) is 77.6 cm³/mol. The summed E-state index contributed by atoms with van der Waals surface area (Å²) in [5.41, 5.74) is 1.41. The molecule has 0 aliphatic heterocycles. The van der Waals surface area contributed by atoms with E-state index in [1.807, 2.05) is 0 Å².